The summed E-state index contributed by atoms with van der Waals surface area (Å²) in [5.41, 5.74) is 15.7. The molecule has 3 aromatic rings. The van der Waals surface area contributed by atoms with E-state index in [2.05, 4.69) is 31.9 Å². The lowest BCUT2D eigenvalue weighted by atomic mass is 9.99. The molecule has 1 saturated heterocycles. The van der Waals surface area contributed by atoms with E-state index in [-0.39, 0.29) is 0 Å². The van der Waals surface area contributed by atoms with Crippen molar-refractivity contribution in [2.24, 2.45) is 0 Å². The Bertz CT molecular complexity index is 1030. The van der Waals surface area contributed by atoms with Crippen LogP contribution in [-0.4, -0.2) is 52.9 Å². The van der Waals surface area contributed by atoms with E-state index in [0.29, 0.717) is 11.6 Å². The predicted molar refractivity (Wildman–Crippen MR) is 112 cm³/mol. The van der Waals surface area contributed by atoms with Gasteiger partial charge in [-0.05, 0) is 36.7 Å². The number of fused-ring (bicyclic) bond motifs is 1. The summed E-state index contributed by atoms with van der Waals surface area (Å²) in [6.45, 7) is 4.71. The normalized spacial score (nSPS) is 14.7. The minimum Gasteiger partial charge on any atom is -0.383 e. The average Bonchev–Trinajstić information content (AvgIpc) is 3.10. The van der Waals surface area contributed by atoms with Crippen LogP contribution in [0.25, 0.3) is 22.0 Å². The summed E-state index contributed by atoms with van der Waals surface area (Å²) in [6.07, 6.45) is 3.55. The second-order valence-corrected chi connectivity index (χ2v) is 6.85. The van der Waals surface area contributed by atoms with Crippen molar-refractivity contribution < 1.29 is 4.74 Å². The van der Waals surface area contributed by atoms with Gasteiger partial charge < -0.3 is 16.2 Å². The van der Waals surface area contributed by atoms with Crippen LogP contribution in [0, 0.1) is 11.8 Å². The highest BCUT2D eigenvalue weighted by molar-refractivity contribution is 5.93. The molecule has 0 amide bonds. The van der Waals surface area contributed by atoms with Gasteiger partial charge in [0.15, 0.2) is 5.82 Å². The number of H-pyrrole nitrogens is 1. The Morgan fingerprint density at radius 1 is 1.14 bits per heavy atom. The van der Waals surface area contributed by atoms with Crippen LogP contribution in [-0.2, 0) is 4.74 Å². The lowest BCUT2D eigenvalue weighted by Crippen LogP contribution is -2.36. The molecule has 7 nitrogen and oxygen atoms in total. The minimum absolute atomic E-state index is 0.443. The number of rotatable bonds is 4. The number of nitrogens with two attached hydrogens (primary N) is 2. The van der Waals surface area contributed by atoms with Gasteiger partial charge in [-0.1, -0.05) is 17.9 Å². The molecule has 7 heteroatoms. The molecule has 0 saturated carbocycles. The Labute approximate surface area is 164 Å². The molecule has 144 valence electrons. The van der Waals surface area contributed by atoms with E-state index in [9.17, 15) is 0 Å². The number of benzene rings is 1. The Hall–Kier alpha value is -3.08. The van der Waals surface area contributed by atoms with Gasteiger partial charge in [0.25, 0.3) is 0 Å². The van der Waals surface area contributed by atoms with Crippen molar-refractivity contribution >= 4 is 22.5 Å². The molecule has 0 aliphatic carbocycles. The van der Waals surface area contributed by atoms with Crippen LogP contribution >= 0.6 is 0 Å². The number of nitrogens with zero attached hydrogens (tertiary/aromatic N) is 3. The van der Waals surface area contributed by atoms with Gasteiger partial charge in [0.05, 0.1) is 24.3 Å². The molecule has 0 spiro atoms. The zero-order chi connectivity index (χ0) is 19.3. The number of aromatic nitrogens is 3. The quantitative estimate of drug-likeness (QED) is 0.476. The van der Waals surface area contributed by atoms with E-state index in [0.717, 1.165) is 73.3 Å². The molecule has 0 unspecified atom stereocenters. The largest absolute Gasteiger partial charge is 0.383 e. The molecule has 1 fully saturated rings. The first kappa shape index (κ1) is 18.3. The third-order valence-electron chi connectivity index (χ3n) is 4.98. The van der Waals surface area contributed by atoms with Crippen LogP contribution in [0.15, 0.2) is 30.5 Å². The summed E-state index contributed by atoms with van der Waals surface area (Å²) in [5.74, 6) is 7.43. The Morgan fingerprint density at radius 3 is 2.86 bits per heavy atom. The monoisotopic (exact) mass is 376 g/mol. The van der Waals surface area contributed by atoms with Crippen molar-refractivity contribution in [2.45, 2.75) is 12.8 Å². The number of anilines is 2. The molecule has 1 aromatic carbocycles. The van der Waals surface area contributed by atoms with Crippen LogP contribution in [0.3, 0.4) is 0 Å². The fourth-order valence-corrected chi connectivity index (χ4v) is 3.42. The Kier molecular flexibility index (Phi) is 5.42. The van der Waals surface area contributed by atoms with E-state index >= 15 is 0 Å². The maximum absolute atomic E-state index is 6.13. The average molecular weight is 376 g/mol. The number of nitrogen functional groups attached to an aromatic ring is 2. The lowest BCUT2D eigenvalue weighted by molar-refractivity contribution is 0.0376. The van der Waals surface area contributed by atoms with Crippen molar-refractivity contribution in [3.05, 3.63) is 36.0 Å². The summed E-state index contributed by atoms with van der Waals surface area (Å²) in [5, 5.41) is 7.86. The molecule has 28 heavy (non-hydrogen) atoms. The minimum atomic E-state index is 0.443. The number of morpholine rings is 1. The van der Waals surface area contributed by atoms with E-state index in [4.69, 9.17) is 16.2 Å². The third kappa shape index (κ3) is 3.93. The van der Waals surface area contributed by atoms with Crippen molar-refractivity contribution in [2.75, 3.05) is 44.3 Å². The fourth-order valence-electron chi connectivity index (χ4n) is 3.42. The number of unbranched alkanes of at least 4 members (excludes halogenated alkanes) is 1. The van der Waals surface area contributed by atoms with Gasteiger partial charge in [0.2, 0.25) is 0 Å². The van der Waals surface area contributed by atoms with Gasteiger partial charge in [-0.3, -0.25) is 10.00 Å². The summed E-state index contributed by atoms with van der Waals surface area (Å²) in [6, 6.07) is 7.92. The van der Waals surface area contributed by atoms with Crippen molar-refractivity contribution in [3.63, 3.8) is 0 Å². The maximum Gasteiger partial charge on any atom is 0.153 e. The Morgan fingerprint density at radius 2 is 2.00 bits per heavy atom. The molecule has 2 aromatic heterocycles. The number of ether oxygens (including phenoxy) is 1. The number of nitrogens with one attached hydrogen (secondary N) is 1. The van der Waals surface area contributed by atoms with E-state index in [1.54, 1.807) is 6.20 Å². The zero-order valence-corrected chi connectivity index (χ0v) is 15.7. The summed E-state index contributed by atoms with van der Waals surface area (Å²) in [7, 11) is 0. The molecule has 3 heterocycles. The van der Waals surface area contributed by atoms with Crippen LogP contribution in [0.5, 0.6) is 0 Å². The second-order valence-electron chi connectivity index (χ2n) is 6.85. The van der Waals surface area contributed by atoms with E-state index < -0.39 is 0 Å². The van der Waals surface area contributed by atoms with Gasteiger partial charge in [-0.15, -0.1) is 0 Å². The van der Waals surface area contributed by atoms with Gasteiger partial charge in [-0.25, -0.2) is 4.98 Å². The van der Waals surface area contributed by atoms with Crippen molar-refractivity contribution in [1.29, 1.82) is 0 Å². The Balaban J connectivity index is 1.52. The van der Waals surface area contributed by atoms with E-state index in [1.165, 1.54) is 0 Å². The highest BCUT2D eigenvalue weighted by Gasteiger charge is 2.11. The van der Waals surface area contributed by atoms with Crippen molar-refractivity contribution in [3.8, 4) is 23.0 Å². The van der Waals surface area contributed by atoms with Crippen LogP contribution in [0.1, 0.15) is 18.4 Å². The van der Waals surface area contributed by atoms with Gasteiger partial charge in [0, 0.05) is 36.7 Å². The molecule has 0 atom stereocenters. The molecule has 1 aliphatic rings. The molecule has 0 bridgehead atoms. The summed E-state index contributed by atoms with van der Waals surface area (Å²) < 4.78 is 5.38. The number of aromatic amines is 1. The molecule has 0 radical (unpaired) electrons. The first-order valence-electron chi connectivity index (χ1n) is 9.50. The van der Waals surface area contributed by atoms with Gasteiger partial charge in [0.1, 0.15) is 5.82 Å². The third-order valence-corrected chi connectivity index (χ3v) is 4.98. The fraction of sp³-hybridized carbons (Fsp3) is 0.333. The number of pyridine rings is 1. The van der Waals surface area contributed by atoms with Crippen LogP contribution < -0.4 is 11.5 Å². The SMILES string of the molecule is Nc1nccc(-c2ccc3[nH]nc(N)c3c2)c1C#CCCCN1CCOCC1. The highest BCUT2D eigenvalue weighted by Crippen LogP contribution is 2.29. The molecule has 5 N–H and O–H groups in total. The van der Waals surface area contributed by atoms with Gasteiger partial charge in [-0.2, -0.15) is 5.10 Å². The number of hydrogen-bond donors (Lipinski definition) is 3. The first-order valence-corrected chi connectivity index (χ1v) is 9.50. The topological polar surface area (TPSA) is 106 Å². The lowest BCUT2D eigenvalue weighted by Gasteiger charge is -2.26. The molecular weight excluding hydrogens is 352 g/mol. The first-order chi connectivity index (χ1) is 13.7. The molecular formula is C21H24N6O. The smallest absolute Gasteiger partial charge is 0.153 e. The van der Waals surface area contributed by atoms with Crippen LogP contribution in [0.2, 0.25) is 0 Å². The molecule has 1 aliphatic heterocycles. The van der Waals surface area contributed by atoms with Crippen LogP contribution in [0.4, 0.5) is 11.6 Å². The van der Waals surface area contributed by atoms with E-state index in [1.807, 2.05) is 24.3 Å². The predicted octanol–water partition coefficient (Wildman–Crippen LogP) is 2.25. The highest BCUT2D eigenvalue weighted by atomic mass is 16.5. The standard InChI is InChI=1S/C21H24N6O/c22-20-17(4-2-1-3-9-27-10-12-28-13-11-27)16(7-8-24-20)15-5-6-19-18(14-15)21(23)26-25-19/h5-8,14H,1,3,9-13H2,(H2,22,24)(H3,23,25,26). The summed E-state index contributed by atoms with van der Waals surface area (Å²) >= 11 is 0. The number of hydrogen-bond acceptors (Lipinski definition) is 6. The summed E-state index contributed by atoms with van der Waals surface area (Å²) in [4.78, 5) is 6.63. The van der Waals surface area contributed by atoms with Crippen molar-refractivity contribution in [1.82, 2.24) is 20.1 Å². The zero-order valence-electron chi connectivity index (χ0n) is 15.7. The maximum atomic E-state index is 6.13. The molecule has 4 rings (SSSR count). The second kappa shape index (κ2) is 8.30. The van der Waals surface area contributed by atoms with Gasteiger partial charge >= 0.3 is 0 Å².